The molecule has 2 aromatic heterocycles. The molecule has 23 heavy (non-hydrogen) atoms. The highest BCUT2D eigenvalue weighted by atomic mass is 32.1. The van der Waals surface area contributed by atoms with E-state index >= 15 is 0 Å². The molecule has 0 saturated carbocycles. The molecular formula is C17H13FN4S. The Morgan fingerprint density at radius 1 is 1.04 bits per heavy atom. The second-order valence-corrected chi connectivity index (χ2v) is 6.39. The molecule has 0 atom stereocenters. The van der Waals surface area contributed by atoms with Crippen LogP contribution in [0.1, 0.15) is 16.1 Å². The largest absolute Gasteiger partial charge is 0.234 e. The highest BCUT2D eigenvalue weighted by molar-refractivity contribution is 7.16. The van der Waals surface area contributed by atoms with E-state index in [1.807, 2.05) is 37.3 Å². The first kappa shape index (κ1) is 14.0. The SMILES string of the molecule is Cc1ccc(-c2nnc3sc(Cc4ccccc4F)nn23)cc1. The zero-order valence-corrected chi connectivity index (χ0v) is 13.2. The predicted octanol–water partition coefficient (Wildman–Crippen LogP) is 3.89. The minimum absolute atomic E-state index is 0.211. The number of aryl methyl sites for hydroxylation is 1. The Morgan fingerprint density at radius 3 is 2.61 bits per heavy atom. The van der Waals surface area contributed by atoms with Gasteiger partial charge in [0.1, 0.15) is 10.8 Å². The van der Waals surface area contributed by atoms with E-state index in [9.17, 15) is 4.39 Å². The van der Waals surface area contributed by atoms with Crippen LogP contribution in [0.3, 0.4) is 0 Å². The molecule has 4 rings (SSSR count). The Morgan fingerprint density at radius 2 is 1.83 bits per heavy atom. The average molecular weight is 324 g/mol. The Hall–Kier alpha value is -2.60. The molecule has 0 radical (unpaired) electrons. The fourth-order valence-electron chi connectivity index (χ4n) is 2.42. The molecule has 0 unspecified atom stereocenters. The summed E-state index contributed by atoms with van der Waals surface area (Å²) in [7, 11) is 0. The quantitative estimate of drug-likeness (QED) is 0.574. The molecule has 6 heteroatoms. The molecule has 4 aromatic rings. The van der Waals surface area contributed by atoms with Crippen LogP contribution in [0.4, 0.5) is 4.39 Å². The van der Waals surface area contributed by atoms with Crippen molar-refractivity contribution in [2.24, 2.45) is 0 Å². The summed E-state index contributed by atoms with van der Waals surface area (Å²) in [5.74, 6) is 0.494. The maximum Gasteiger partial charge on any atom is 0.234 e. The molecule has 0 N–H and O–H groups in total. The minimum atomic E-state index is -0.211. The molecule has 0 amide bonds. The van der Waals surface area contributed by atoms with Gasteiger partial charge in [-0.05, 0) is 18.6 Å². The van der Waals surface area contributed by atoms with E-state index in [0.717, 1.165) is 10.6 Å². The monoisotopic (exact) mass is 324 g/mol. The van der Waals surface area contributed by atoms with Crippen LogP contribution in [0.25, 0.3) is 16.3 Å². The Balaban J connectivity index is 1.72. The zero-order chi connectivity index (χ0) is 15.8. The number of fused-ring (bicyclic) bond motifs is 1. The summed E-state index contributed by atoms with van der Waals surface area (Å²) in [4.78, 5) is 0.715. The van der Waals surface area contributed by atoms with Crippen molar-refractivity contribution in [2.45, 2.75) is 13.3 Å². The number of rotatable bonds is 3. The van der Waals surface area contributed by atoms with Gasteiger partial charge in [-0.3, -0.25) is 0 Å². The van der Waals surface area contributed by atoms with Crippen LogP contribution >= 0.6 is 11.3 Å². The van der Waals surface area contributed by atoms with Gasteiger partial charge in [-0.1, -0.05) is 59.4 Å². The molecule has 0 aliphatic rings. The Bertz CT molecular complexity index is 972. The van der Waals surface area contributed by atoms with Crippen molar-refractivity contribution in [3.8, 4) is 11.4 Å². The molecule has 0 spiro atoms. The molecule has 0 fully saturated rings. The third-order valence-corrected chi connectivity index (χ3v) is 4.54. The van der Waals surface area contributed by atoms with Crippen molar-refractivity contribution in [2.75, 3.05) is 0 Å². The smallest absolute Gasteiger partial charge is 0.207 e. The van der Waals surface area contributed by atoms with Gasteiger partial charge in [-0.25, -0.2) is 4.39 Å². The summed E-state index contributed by atoms with van der Waals surface area (Å²) >= 11 is 1.43. The summed E-state index contributed by atoms with van der Waals surface area (Å²) in [5, 5.41) is 13.7. The maximum absolute atomic E-state index is 13.8. The standard InChI is InChI=1S/C17H13FN4S/c1-11-6-8-12(9-7-11)16-19-20-17-22(16)21-15(23-17)10-13-4-2-3-5-14(13)18/h2-9H,10H2,1H3. The number of benzene rings is 2. The predicted molar refractivity (Wildman–Crippen MR) is 88.0 cm³/mol. The number of hydrogen-bond acceptors (Lipinski definition) is 4. The van der Waals surface area contributed by atoms with Crippen molar-refractivity contribution in [3.05, 3.63) is 70.5 Å². The molecule has 0 aliphatic carbocycles. The third kappa shape index (κ3) is 2.61. The summed E-state index contributed by atoms with van der Waals surface area (Å²) < 4.78 is 15.5. The highest BCUT2D eigenvalue weighted by Crippen LogP contribution is 2.23. The van der Waals surface area contributed by atoms with Crippen molar-refractivity contribution in [3.63, 3.8) is 0 Å². The summed E-state index contributed by atoms with van der Waals surface area (Å²) in [5.41, 5.74) is 2.79. The highest BCUT2D eigenvalue weighted by Gasteiger charge is 2.14. The topological polar surface area (TPSA) is 43.1 Å². The van der Waals surface area contributed by atoms with Gasteiger partial charge in [0.2, 0.25) is 4.96 Å². The third-order valence-electron chi connectivity index (χ3n) is 3.64. The lowest BCUT2D eigenvalue weighted by atomic mass is 10.1. The molecular weight excluding hydrogens is 311 g/mol. The average Bonchev–Trinajstić information content (AvgIpc) is 3.11. The first-order chi connectivity index (χ1) is 11.2. The number of hydrogen-bond donors (Lipinski definition) is 0. The van der Waals surface area contributed by atoms with Crippen LogP contribution < -0.4 is 0 Å². The van der Waals surface area contributed by atoms with Crippen LogP contribution in [-0.4, -0.2) is 19.8 Å². The first-order valence-electron chi connectivity index (χ1n) is 7.22. The zero-order valence-electron chi connectivity index (χ0n) is 12.4. The van der Waals surface area contributed by atoms with Crippen LogP contribution in [0.2, 0.25) is 0 Å². The molecule has 4 nitrogen and oxygen atoms in total. The van der Waals surface area contributed by atoms with E-state index in [0.29, 0.717) is 22.8 Å². The molecule has 0 saturated heterocycles. The number of halogens is 1. The van der Waals surface area contributed by atoms with Gasteiger partial charge in [-0.15, -0.1) is 10.2 Å². The van der Waals surface area contributed by atoms with E-state index in [-0.39, 0.29) is 5.82 Å². The van der Waals surface area contributed by atoms with Gasteiger partial charge < -0.3 is 0 Å². The van der Waals surface area contributed by atoms with Crippen molar-refractivity contribution in [1.82, 2.24) is 19.8 Å². The lowest BCUT2D eigenvalue weighted by Crippen LogP contribution is -1.95. The number of nitrogens with zero attached hydrogens (tertiary/aromatic N) is 4. The number of aromatic nitrogens is 4. The van der Waals surface area contributed by atoms with Crippen molar-refractivity contribution >= 4 is 16.3 Å². The summed E-state index contributed by atoms with van der Waals surface area (Å²) in [6, 6.07) is 14.8. The Kier molecular flexibility index (Phi) is 3.38. The van der Waals surface area contributed by atoms with E-state index in [1.54, 1.807) is 16.6 Å². The second-order valence-electron chi connectivity index (χ2n) is 5.35. The molecule has 2 heterocycles. The molecule has 0 aliphatic heterocycles. The van der Waals surface area contributed by atoms with Crippen LogP contribution in [0.5, 0.6) is 0 Å². The normalized spacial score (nSPS) is 11.2. The van der Waals surface area contributed by atoms with Crippen molar-refractivity contribution < 1.29 is 4.39 Å². The van der Waals surface area contributed by atoms with Crippen LogP contribution in [-0.2, 0) is 6.42 Å². The van der Waals surface area contributed by atoms with E-state index in [2.05, 4.69) is 15.3 Å². The van der Waals surface area contributed by atoms with Gasteiger partial charge in [0, 0.05) is 12.0 Å². The van der Waals surface area contributed by atoms with Crippen molar-refractivity contribution in [1.29, 1.82) is 0 Å². The van der Waals surface area contributed by atoms with Gasteiger partial charge in [0.05, 0.1) is 0 Å². The summed E-state index contributed by atoms with van der Waals surface area (Å²) in [6.45, 7) is 2.04. The Labute approximate surface area is 136 Å². The molecule has 2 aromatic carbocycles. The fourth-order valence-corrected chi connectivity index (χ4v) is 3.27. The van der Waals surface area contributed by atoms with Gasteiger partial charge in [0.25, 0.3) is 0 Å². The van der Waals surface area contributed by atoms with Gasteiger partial charge in [0.15, 0.2) is 5.82 Å². The van der Waals surface area contributed by atoms with Crippen LogP contribution in [0.15, 0.2) is 48.5 Å². The molecule has 114 valence electrons. The van der Waals surface area contributed by atoms with Crippen LogP contribution in [0, 0.1) is 12.7 Å². The maximum atomic E-state index is 13.8. The van der Waals surface area contributed by atoms with E-state index in [4.69, 9.17) is 0 Å². The van der Waals surface area contributed by atoms with E-state index in [1.165, 1.54) is 23.0 Å². The minimum Gasteiger partial charge on any atom is -0.207 e. The van der Waals surface area contributed by atoms with Gasteiger partial charge >= 0.3 is 0 Å². The van der Waals surface area contributed by atoms with E-state index < -0.39 is 0 Å². The lowest BCUT2D eigenvalue weighted by Gasteiger charge is -1.99. The summed E-state index contributed by atoms with van der Waals surface area (Å²) in [6.07, 6.45) is 0.452. The first-order valence-corrected chi connectivity index (χ1v) is 8.04. The van der Waals surface area contributed by atoms with Gasteiger partial charge in [-0.2, -0.15) is 9.61 Å². The fraction of sp³-hybridized carbons (Fsp3) is 0.118. The second kappa shape index (κ2) is 5.55. The lowest BCUT2D eigenvalue weighted by molar-refractivity contribution is 0.613. The molecule has 0 bridgehead atoms.